The summed E-state index contributed by atoms with van der Waals surface area (Å²) in [6, 6.07) is 13.0. The van der Waals surface area contributed by atoms with Crippen molar-refractivity contribution in [2.75, 3.05) is 22.1 Å². The molecule has 3 rings (SSSR count). The van der Waals surface area contributed by atoms with Crippen LogP contribution in [-0.4, -0.2) is 32.1 Å². The number of aromatic nitrogens is 2. The van der Waals surface area contributed by atoms with Gasteiger partial charge in [0.05, 0.1) is 28.9 Å². The van der Waals surface area contributed by atoms with E-state index in [0.29, 0.717) is 11.2 Å². The zero-order valence-electron chi connectivity index (χ0n) is 13.5. The maximum absolute atomic E-state index is 12.0. The first-order valence-corrected chi connectivity index (χ1v) is 9.46. The van der Waals surface area contributed by atoms with Gasteiger partial charge in [-0.05, 0) is 31.2 Å². The summed E-state index contributed by atoms with van der Waals surface area (Å²) in [5.41, 5.74) is 3.97. The van der Waals surface area contributed by atoms with E-state index >= 15 is 0 Å². The minimum absolute atomic E-state index is 0.132. The second-order valence-electron chi connectivity index (χ2n) is 5.39. The fourth-order valence-electron chi connectivity index (χ4n) is 2.16. The summed E-state index contributed by atoms with van der Waals surface area (Å²) < 4.78 is 8.32. The highest BCUT2D eigenvalue weighted by Gasteiger charge is 2.10. The molecule has 25 heavy (non-hydrogen) atoms. The van der Waals surface area contributed by atoms with Crippen LogP contribution in [0, 0.1) is 6.92 Å². The summed E-state index contributed by atoms with van der Waals surface area (Å²) >= 11 is 2.37. The first-order valence-electron chi connectivity index (χ1n) is 7.57. The van der Waals surface area contributed by atoms with Crippen LogP contribution in [0.15, 0.2) is 42.5 Å². The number of nitrogens with zero attached hydrogens (tertiary/aromatic N) is 2. The van der Waals surface area contributed by atoms with Gasteiger partial charge in [0.2, 0.25) is 11.8 Å². The monoisotopic (exact) mass is 372 g/mol. The Morgan fingerprint density at radius 2 is 1.72 bits per heavy atom. The third-order valence-electron chi connectivity index (χ3n) is 3.36. The van der Waals surface area contributed by atoms with Gasteiger partial charge in [0.1, 0.15) is 11.0 Å². The van der Waals surface area contributed by atoms with Gasteiger partial charge in [0.25, 0.3) is 0 Å². The van der Waals surface area contributed by atoms with Crippen LogP contribution >= 0.6 is 23.5 Å². The van der Waals surface area contributed by atoms with Gasteiger partial charge in [0, 0.05) is 5.69 Å². The molecule has 1 aromatic heterocycles. The number of nitrogens with one attached hydrogen (secondary N) is 2. The molecule has 3 aromatic rings. The third-order valence-corrected chi connectivity index (χ3v) is 4.84. The summed E-state index contributed by atoms with van der Waals surface area (Å²) in [6.45, 7) is 1.99. The molecule has 2 amide bonds. The van der Waals surface area contributed by atoms with Crippen molar-refractivity contribution in [3.8, 4) is 0 Å². The third kappa shape index (κ3) is 4.77. The zero-order chi connectivity index (χ0) is 17.6. The number of fused-ring (bicyclic) bond motifs is 1. The van der Waals surface area contributed by atoms with Crippen molar-refractivity contribution in [3.63, 3.8) is 0 Å². The van der Waals surface area contributed by atoms with Crippen molar-refractivity contribution in [3.05, 3.63) is 48.0 Å². The summed E-state index contributed by atoms with van der Waals surface area (Å²) in [7, 11) is 0. The number of anilines is 2. The number of aryl methyl sites for hydroxylation is 1. The Hall–Kier alpha value is -2.45. The van der Waals surface area contributed by atoms with E-state index in [1.54, 1.807) is 6.07 Å². The number of thioether (sulfide) groups is 1. The number of carbonyl (C=O) groups is 2. The van der Waals surface area contributed by atoms with Crippen LogP contribution in [0.1, 0.15) is 5.56 Å². The van der Waals surface area contributed by atoms with Crippen molar-refractivity contribution in [1.29, 1.82) is 0 Å². The van der Waals surface area contributed by atoms with Gasteiger partial charge in [-0.25, -0.2) is 0 Å². The maximum Gasteiger partial charge on any atom is 0.234 e. The Balaban J connectivity index is 1.45. The lowest BCUT2D eigenvalue weighted by Crippen LogP contribution is -2.18. The number of rotatable bonds is 6. The van der Waals surface area contributed by atoms with Crippen LogP contribution in [0.3, 0.4) is 0 Å². The van der Waals surface area contributed by atoms with Crippen molar-refractivity contribution in [2.45, 2.75) is 6.92 Å². The summed E-state index contributed by atoms with van der Waals surface area (Å²) in [6.07, 6.45) is 0. The SMILES string of the molecule is Cc1ccc(NC(=O)CSCC(=O)Nc2cccc3nsnc23)cc1. The molecule has 2 aromatic carbocycles. The molecule has 128 valence electrons. The van der Waals surface area contributed by atoms with E-state index in [-0.39, 0.29) is 23.3 Å². The van der Waals surface area contributed by atoms with Gasteiger partial charge >= 0.3 is 0 Å². The molecule has 6 nitrogen and oxygen atoms in total. The number of amides is 2. The normalized spacial score (nSPS) is 10.6. The van der Waals surface area contributed by atoms with E-state index in [9.17, 15) is 9.59 Å². The molecule has 0 bridgehead atoms. The van der Waals surface area contributed by atoms with Gasteiger partial charge in [-0.1, -0.05) is 23.8 Å². The molecule has 0 aliphatic carbocycles. The lowest BCUT2D eigenvalue weighted by molar-refractivity contribution is -0.114. The van der Waals surface area contributed by atoms with E-state index in [2.05, 4.69) is 19.4 Å². The smallest absolute Gasteiger partial charge is 0.234 e. The van der Waals surface area contributed by atoms with Crippen molar-refractivity contribution < 1.29 is 9.59 Å². The summed E-state index contributed by atoms with van der Waals surface area (Å²) in [4.78, 5) is 23.9. The largest absolute Gasteiger partial charge is 0.325 e. The number of hydrogen-bond donors (Lipinski definition) is 2. The van der Waals surface area contributed by atoms with Crippen LogP contribution in [0.2, 0.25) is 0 Å². The van der Waals surface area contributed by atoms with Crippen LogP contribution in [0.5, 0.6) is 0 Å². The minimum atomic E-state index is -0.173. The topological polar surface area (TPSA) is 84.0 Å². The highest BCUT2D eigenvalue weighted by atomic mass is 32.2. The average molecular weight is 372 g/mol. The first-order chi connectivity index (χ1) is 12.1. The Morgan fingerprint density at radius 1 is 1.00 bits per heavy atom. The van der Waals surface area contributed by atoms with Gasteiger partial charge < -0.3 is 10.6 Å². The highest BCUT2D eigenvalue weighted by Crippen LogP contribution is 2.21. The minimum Gasteiger partial charge on any atom is -0.325 e. The van der Waals surface area contributed by atoms with E-state index < -0.39 is 0 Å². The van der Waals surface area contributed by atoms with Crippen molar-refractivity contribution in [2.24, 2.45) is 0 Å². The van der Waals surface area contributed by atoms with Crippen LogP contribution in [0.25, 0.3) is 11.0 Å². The molecule has 0 fully saturated rings. The van der Waals surface area contributed by atoms with Crippen LogP contribution in [0.4, 0.5) is 11.4 Å². The molecule has 2 N–H and O–H groups in total. The Labute approximate surface area is 153 Å². The molecule has 0 unspecified atom stereocenters. The van der Waals surface area contributed by atoms with Crippen molar-refractivity contribution in [1.82, 2.24) is 8.75 Å². The van der Waals surface area contributed by atoms with Gasteiger partial charge in [-0.15, -0.1) is 11.8 Å². The molecular formula is C17H16N4O2S2. The van der Waals surface area contributed by atoms with Gasteiger partial charge in [0.15, 0.2) is 0 Å². The summed E-state index contributed by atoms with van der Waals surface area (Å²) in [5.74, 6) is 0.0973. The Morgan fingerprint density at radius 3 is 2.48 bits per heavy atom. The Bertz CT molecular complexity index is 893. The van der Waals surface area contributed by atoms with E-state index in [4.69, 9.17) is 0 Å². The predicted octanol–water partition coefficient (Wildman–Crippen LogP) is 3.31. The van der Waals surface area contributed by atoms with Gasteiger partial charge in [-0.2, -0.15) is 8.75 Å². The molecule has 0 atom stereocenters. The molecule has 0 aliphatic rings. The zero-order valence-corrected chi connectivity index (χ0v) is 15.1. The molecule has 0 saturated carbocycles. The van der Waals surface area contributed by atoms with E-state index in [0.717, 1.165) is 28.5 Å². The highest BCUT2D eigenvalue weighted by molar-refractivity contribution is 8.00. The first kappa shape index (κ1) is 17.4. The molecule has 1 heterocycles. The van der Waals surface area contributed by atoms with Crippen LogP contribution in [-0.2, 0) is 9.59 Å². The molecule has 0 aliphatic heterocycles. The molecule has 0 radical (unpaired) electrons. The average Bonchev–Trinajstić information content (AvgIpc) is 3.07. The molecule has 8 heteroatoms. The van der Waals surface area contributed by atoms with Gasteiger partial charge in [-0.3, -0.25) is 9.59 Å². The standard InChI is InChI=1S/C17H16N4O2S2/c1-11-5-7-12(8-6-11)18-15(22)9-24-10-16(23)19-13-3-2-4-14-17(13)21-25-20-14/h2-8H,9-10H2,1H3,(H,18,22)(H,19,23). The quantitative estimate of drug-likeness (QED) is 0.693. The second kappa shape index (κ2) is 8.09. The molecule has 0 saturated heterocycles. The van der Waals surface area contributed by atoms with E-state index in [1.165, 1.54) is 11.8 Å². The molecular weight excluding hydrogens is 356 g/mol. The number of hydrogen-bond acceptors (Lipinski definition) is 6. The predicted molar refractivity (Wildman–Crippen MR) is 103 cm³/mol. The lowest BCUT2D eigenvalue weighted by atomic mass is 10.2. The fourth-order valence-corrected chi connectivity index (χ4v) is 3.33. The second-order valence-corrected chi connectivity index (χ2v) is 6.91. The molecule has 0 spiro atoms. The fraction of sp³-hybridized carbons (Fsp3) is 0.176. The lowest BCUT2D eigenvalue weighted by Gasteiger charge is -2.07. The van der Waals surface area contributed by atoms with Crippen LogP contribution < -0.4 is 10.6 Å². The number of benzene rings is 2. The number of carbonyl (C=O) groups excluding carboxylic acids is 2. The Kier molecular flexibility index (Phi) is 5.62. The van der Waals surface area contributed by atoms with E-state index in [1.807, 2.05) is 43.3 Å². The summed E-state index contributed by atoms with van der Waals surface area (Å²) in [5, 5.41) is 5.62. The van der Waals surface area contributed by atoms with Crippen molar-refractivity contribution >= 4 is 57.7 Å². The maximum atomic E-state index is 12.0.